The van der Waals surface area contributed by atoms with Crippen LogP contribution in [0.25, 0.3) is 10.4 Å². The van der Waals surface area contributed by atoms with E-state index in [1.165, 1.54) is 11.3 Å². The van der Waals surface area contributed by atoms with Gasteiger partial charge in [-0.25, -0.2) is 9.78 Å². The Labute approximate surface area is 125 Å². The van der Waals surface area contributed by atoms with Crippen molar-refractivity contribution in [2.24, 2.45) is 0 Å². The molecule has 1 aromatic heterocycles. The molecule has 1 aromatic carbocycles. The number of thiazole rings is 1. The van der Waals surface area contributed by atoms with Gasteiger partial charge in [-0.05, 0) is 12.5 Å². The van der Waals surface area contributed by atoms with Crippen LogP contribution in [0.5, 0.6) is 0 Å². The van der Waals surface area contributed by atoms with E-state index in [0.29, 0.717) is 5.69 Å². The number of carbonyl (C=O) groups excluding carboxylic acids is 1. The van der Waals surface area contributed by atoms with E-state index < -0.39 is 6.09 Å². The molecule has 0 aliphatic rings. The lowest BCUT2D eigenvalue weighted by molar-refractivity contribution is 0.0949. The highest BCUT2D eigenvalue weighted by molar-refractivity contribution is 7.13. The van der Waals surface area contributed by atoms with Crippen molar-refractivity contribution in [1.82, 2.24) is 15.6 Å². The van der Waals surface area contributed by atoms with E-state index in [1.54, 1.807) is 5.51 Å². The van der Waals surface area contributed by atoms with Gasteiger partial charge in [0.15, 0.2) is 0 Å². The second-order valence-corrected chi connectivity index (χ2v) is 5.24. The monoisotopic (exact) mass is 305 g/mol. The Morgan fingerprint density at radius 2 is 1.86 bits per heavy atom. The first kappa shape index (κ1) is 15.0. The second-order valence-electron chi connectivity index (χ2n) is 4.38. The van der Waals surface area contributed by atoms with Gasteiger partial charge in [0.2, 0.25) is 0 Å². The maximum Gasteiger partial charge on any atom is 0.404 e. The lowest BCUT2D eigenvalue weighted by Crippen LogP contribution is -2.34. The molecular weight excluding hydrogens is 290 g/mol. The number of hydrogen-bond donors (Lipinski definition) is 3. The molecule has 0 spiro atoms. The number of amides is 2. The summed E-state index contributed by atoms with van der Waals surface area (Å²) in [4.78, 5) is 27.3. The largest absolute Gasteiger partial charge is 0.465 e. The number of nitrogens with zero attached hydrogens (tertiary/aromatic N) is 1. The van der Waals surface area contributed by atoms with Gasteiger partial charge < -0.3 is 15.7 Å². The van der Waals surface area contributed by atoms with Crippen LogP contribution in [0.4, 0.5) is 4.79 Å². The lowest BCUT2D eigenvalue weighted by atomic mass is 10.1. The van der Waals surface area contributed by atoms with Crippen LogP contribution in [-0.4, -0.2) is 35.2 Å². The van der Waals surface area contributed by atoms with Crippen molar-refractivity contribution in [2.75, 3.05) is 13.1 Å². The number of aryl methyl sites for hydroxylation is 1. The average Bonchev–Trinajstić information content (AvgIpc) is 2.93. The Kier molecular flexibility index (Phi) is 4.89. The number of aromatic nitrogens is 1. The SMILES string of the molecule is Cc1ccc(-c2scnc2C(=O)NCCNC(=O)O)cc1. The molecule has 6 nitrogen and oxygen atoms in total. The molecule has 2 amide bonds. The number of benzene rings is 1. The van der Waals surface area contributed by atoms with E-state index in [0.717, 1.165) is 16.0 Å². The minimum Gasteiger partial charge on any atom is -0.465 e. The maximum atomic E-state index is 12.1. The molecule has 0 aliphatic carbocycles. The Morgan fingerprint density at radius 1 is 1.19 bits per heavy atom. The number of hydrogen-bond acceptors (Lipinski definition) is 4. The highest BCUT2D eigenvalue weighted by atomic mass is 32.1. The van der Waals surface area contributed by atoms with Gasteiger partial charge in [-0.3, -0.25) is 4.79 Å². The highest BCUT2D eigenvalue weighted by Crippen LogP contribution is 2.27. The minimum atomic E-state index is -1.11. The lowest BCUT2D eigenvalue weighted by Gasteiger charge is -2.05. The van der Waals surface area contributed by atoms with E-state index in [-0.39, 0.29) is 19.0 Å². The van der Waals surface area contributed by atoms with Crippen molar-refractivity contribution >= 4 is 23.3 Å². The summed E-state index contributed by atoms with van der Waals surface area (Å²) in [5, 5.41) is 13.3. The summed E-state index contributed by atoms with van der Waals surface area (Å²) in [5.74, 6) is -0.306. The van der Waals surface area contributed by atoms with Crippen molar-refractivity contribution in [1.29, 1.82) is 0 Å². The van der Waals surface area contributed by atoms with Crippen LogP contribution in [0, 0.1) is 6.92 Å². The summed E-state index contributed by atoms with van der Waals surface area (Å²) in [7, 11) is 0. The van der Waals surface area contributed by atoms with Gasteiger partial charge >= 0.3 is 6.09 Å². The predicted octanol–water partition coefficient (Wildman–Crippen LogP) is 2.12. The van der Waals surface area contributed by atoms with Crippen LogP contribution in [-0.2, 0) is 0 Å². The van der Waals surface area contributed by atoms with Crippen molar-refractivity contribution in [2.45, 2.75) is 6.92 Å². The zero-order chi connectivity index (χ0) is 15.2. The van der Waals surface area contributed by atoms with Gasteiger partial charge in [0.05, 0.1) is 10.4 Å². The number of rotatable bonds is 5. The van der Waals surface area contributed by atoms with Crippen LogP contribution in [0.1, 0.15) is 16.1 Å². The van der Waals surface area contributed by atoms with Crippen LogP contribution in [0.2, 0.25) is 0 Å². The summed E-state index contributed by atoms with van der Waals surface area (Å²) in [6, 6.07) is 7.86. The Morgan fingerprint density at radius 3 is 2.52 bits per heavy atom. The molecule has 2 rings (SSSR count). The Bertz CT molecular complexity index is 637. The van der Waals surface area contributed by atoms with Crippen molar-refractivity contribution in [3.8, 4) is 10.4 Å². The van der Waals surface area contributed by atoms with E-state index in [1.807, 2.05) is 31.2 Å². The van der Waals surface area contributed by atoms with Crippen LogP contribution in [0.15, 0.2) is 29.8 Å². The molecule has 0 bridgehead atoms. The molecule has 0 aliphatic heterocycles. The Balaban J connectivity index is 2.04. The van der Waals surface area contributed by atoms with E-state index in [2.05, 4.69) is 15.6 Å². The summed E-state index contributed by atoms with van der Waals surface area (Å²) >= 11 is 1.40. The molecule has 0 saturated heterocycles. The van der Waals surface area contributed by atoms with Crippen molar-refractivity contribution < 1.29 is 14.7 Å². The van der Waals surface area contributed by atoms with Gasteiger partial charge in [-0.15, -0.1) is 11.3 Å². The highest BCUT2D eigenvalue weighted by Gasteiger charge is 2.15. The minimum absolute atomic E-state index is 0.158. The molecule has 0 saturated carbocycles. The normalized spacial score (nSPS) is 10.1. The van der Waals surface area contributed by atoms with Crippen LogP contribution < -0.4 is 10.6 Å². The second kappa shape index (κ2) is 6.85. The average molecular weight is 305 g/mol. The van der Waals surface area contributed by atoms with Gasteiger partial charge in [0.1, 0.15) is 5.69 Å². The molecule has 0 fully saturated rings. The smallest absolute Gasteiger partial charge is 0.404 e. The predicted molar refractivity (Wildman–Crippen MR) is 80.6 cm³/mol. The maximum absolute atomic E-state index is 12.1. The fourth-order valence-electron chi connectivity index (χ4n) is 1.75. The Hall–Kier alpha value is -2.41. The first-order valence-electron chi connectivity index (χ1n) is 6.33. The van der Waals surface area contributed by atoms with Crippen molar-refractivity contribution in [3.05, 3.63) is 41.0 Å². The zero-order valence-corrected chi connectivity index (χ0v) is 12.2. The van der Waals surface area contributed by atoms with Gasteiger partial charge in [-0.2, -0.15) is 0 Å². The first-order chi connectivity index (χ1) is 10.1. The van der Waals surface area contributed by atoms with Crippen LogP contribution >= 0.6 is 11.3 Å². The molecule has 0 unspecified atom stereocenters. The molecule has 0 radical (unpaired) electrons. The van der Waals surface area contributed by atoms with E-state index in [4.69, 9.17) is 5.11 Å². The molecule has 1 heterocycles. The van der Waals surface area contributed by atoms with E-state index in [9.17, 15) is 9.59 Å². The van der Waals surface area contributed by atoms with Crippen molar-refractivity contribution in [3.63, 3.8) is 0 Å². The summed E-state index contributed by atoms with van der Waals surface area (Å²) in [6.45, 7) is 2.38. The molecule has 7 heteroatoms. The number of carbonyl (C=O) groups is 2. The topological polar surface area (TPSA) is 91.3 Å². The van der Waals surface area contributed by atoms with Gasteiger partial charge in [0, 0.05) is 13.1 Å². The summed E-state index contributed by atoms with van der Waals surface area (Å²) < 4.78 is 0. The third-order valence-electron chi connectivity index (χ3n) is 2.78. The van der Waals surface area contributed by atoms with Crippen LogP contribution in [0.3, 0.4) is 0 Å². The molecule has 21 heavy (non-hydrogen) atoms. The molecule has 0 atom stereocenters. The molecule has 110 valence electrons. The standard InChI is InChI=1S/C14H15N3O3S/c1-9-2-4-10(5-3-9)12-11(17-8-21-12)13(18)15-6-7-16-14(19)20/h2-5,8,16H,6-7H2,1H3,(H,15,18)(H,19,20). The molecular formula is C14H15N3O3S. The third-order valence-corrected chi connectivity index (χ3v) is 3.66. The summed E-state index contributed by atoms with van der Waals surface area (Å²) in [5.41, 5.74) is 4.07. The number of nitrogens with one attached hydrogen (secondary N) is 2. The van der Waals surface area contributed by atoms with Gasteiger partial charge in [0.25, 0.3) is 5.91 Å². The fourth-order valence-corrected chi connectivity index (χ4v) is 2.54. The zero-order valence-electron chi connectivity index (χ0n) is 11.4. The molecule has 2 aromatic rings. The summed E-state index contributed by atoms with van der Waals surface area (Å²) in [6.07, 6.45) is -1.11. The van der Waals surface area contributed by atoms with E-state index >= 15 is 0 Å². The molecule has 3 N–H and O–H groups in total. The number of carboxylic acid groups (broad SMARTS) is 1. The fraction of sp³-hybridized carbons (Fsp3) is 0.214. The van der Waals surface area contributed by atoms with Gasteiger partial charge in [-0.1, -0.05) is 29.8 Å². The third kappa shape index (κ3) is 4.03. The quantitative estimate of drug-likeness (QED) is 0.738. The first-order valence-corrected chi connectivity index (χ1v) is 7.21.